The quantitative estimate of drug-likeness (QED) is 0.688. The number of aromatic nitrogens is 1. The number of nitriles is 1. The monoisotopic (exact) mass is 185 g/mol. The molecule has 1 heterocycles. The van der Waals surface area contributed by atoms with Crippen LogP contribution in [0.15, 0.2) is 6.20 Å². The summed E-state index contributed by atoms with van der Waals surface area (Å²) in [6, 6.07) is 1.46. The fraction of sp³-hybridized carbons (Fsp3) is 0.143. The molecule has 0 amide bonds. The number of nitrogen functional groups attached to an aromatic ring is 1. The summed E-state index contributed by atoms with van der Waals surface area (Å²) in [6.07, 6.45) is -2.16. The summed E-state index contributed by atoms with van der Waals surface area (Å²) in [6.45, 7) is 0. The molecule has 0 aliphatic rings. The van der Waals surface area contributed by atoms with Crippen molar-refractivity contribution in [2.45, 2.75) is 6.43 Å². The summed E-state index contributed by atoms with van der Waals surface area (Å²) < 4.78 is 24.5. The number of halogens is 2. The normalized spacial score (nSPS) is 10.0. The van der Waals surface area contributed by atoms with Crippen molar-refractivity contribution in [2.75, 3.05) is 5.73 Å². The molecule has 0 fully saturated rings. The van der Waals surface area contributed by atoms with Gasteiger partial charge in [0.1, 0.15) is 23.2 Å². The van der Waals surface area contributed by atoms with E-state index in [-0.39, 0.29) is 5.82 Å². The largest absolute Gasteiger partial charge is 0.506 e. The lowest BCUT2D eigenvalue weighted by molar-refractivity contribution is 0.147. The highest BCUT2D eigenvalue weighted by atomic mass is 19.3. The van der Waals surface area contributed by atoms with Crippen LogP contribution in [0.1, 0.15) is 17.6 Å². The van der Waals surface area contributed by atoms with E-state index in [4.69, 9.17) is 16.1 Å². The lowest BCUT2D eigenvalue weighted by atomic mass is 10.1. The van der Waals surface area contributed by atoms with E-state index in [2.05, 4.69) is 4.98 Å². The Morgan fingerprint density at radius 2 is 2.23 bits per heavy atom. The Morgan fingerprint density at radius 1 is 1.62 bits per heavy atom. The molecule has 3 N–H and O–H groups in total. The van der Waals surface area contributed by atoms with E-state index < -0.39 is 23.3 Å². The highest BCUT2D eigenvalue weighted by Gasteiger charge is 2.20. The molecule has 0 bridgehead atoms. The molecule has 0 aromatic carbocycles. The highest BCUT2D eigenvalue weighted by molar-refractivity contribution is 5.57. The lowest BCUT2D eigenvalue weighted by Crippen LogP contribution is -2.00. The summed E-state index contributed by atoms with van der Waals surface area (Å²) in [4.78, 5) is 3.36. The van der Waals surface area contributed by atoms with Gasteiger partial charge in [0.25, 0.3) is 6.43 Å². The molecule has 0 atom stereocenters. The van der Waals surface area contributed by atoms with Crippen molar-refractivity contribution >= 4 is 5.82 Å². The molecule has 0 aliphatic heterocycles. The van der Waals surface area contributed by atoms with Crippen molar-refractivity contribution < 1.29 is 13.9 Å². The third kappa shape index (κ3) is 1.49. The Bertz CT molecular complexity index is 373. The zero-order valence-electron chi connectivity index (χ0n) is 6.33. The van der Waals surface area contributed by atoms with Gasteiger partial charge >= 0.3 is 0 Å². The van der Waals surface area contributed by atoms with Crippen LogP contribution in [0.4, 0.5) is 14.6 Å². The van der Waals surface area contributed by atoms with Crippen LogP contribution < -0.4 is 5.73 Å². The van der Waals surface area contributed by atoms with Crippen molar-refractivity contribution in [3.05, 3.63) is 17.3 Å². The number of pyridine rings is 1. The molecule has 4 nitrogen and oxygen atoms in total. The molecule has 68 valence electrons. The van der Waals surface area contributed by atoms with Crippen molar-refractivity contribution in [1.82, 2.24) is 4.98 Å². The number of hydrogen-bond donors (Lipinski definition) is 2. The molecule has 1 rings (SSSR count). The summed E-state index contributed by atoms with van der Waals surface area (Å²) in [7, 11) is 0. The Labute approximate surface area is 72.2 Å². The minimum atomic E-state index is -2.94. The number of rotatable bonds is 1. The third-order valence-corrected chi connectivity index (χ3v) is 1.46. The topological polar surface area (TPSA) is 82.9 Å². The van der Waals surface area contributed by atoms with Crippen LogP contribution in [0.25, 0.3) is 0 Å². The first-order chi connectivity index (χ1) is 6.07. The van der Waals surface area contributed by atoms with Gasteiger partial charge in [-0.1, -0.05) is 0 Å². The van der Waals surface area contributed by atoms with Gasteiger partial charge in [-0.2, -0.15) is 5.26 Å². The second-order valence-corrected chi connectivity index (χ2v) is 2.23. The van der Waals surface area contributed by atoms with Gasteiger partial charge in [0.05, 0.1) is 11.8 Å². The second-order valence-electron chi connectivity index (χ2n) is 2.23. The van der Waals surface area contributed by atoms with Gasteiger partial charge in [0.2, 0.25) is 0 Å². The van der Waals surface area contributed by atoms with E-state index in [9.17, 15) is 8.78 Å². The Kier molecular flexibility index (Phi) is 2.28. The average Bonchev–Trinajstić information content (AvgIpc) is 2.07. The SMILES string of the molecule is N#Cc1c(N)ncc(O)c1C(F)F. The Balaban J connectivity index is 3.46. The first kappa shape index (κ1) is 9.19. The third-order valence-electron chi connectivity index (χ3n) is 1.46. The molecule has 6 heteroatoms. The van der Waals surface area contributed by atoms with Gasteiger partial charge in [0, 0.05) is 0 Å². The fourth-order valence-electron chi connectivity index (χ4n) is 0.869. The van der Waals surface area contributed by atoms with E-state index in [1.54, 1.807) is 0 Å². The number of aromatic hydroxyl groups is 1. The van der Waals surface area contributed by atoms with E-state index in [1.807, 2.05) is 0 Å². The van der Waals surface area contributed by atoms with Gasteiger partial charge in [-0.15, -0.1) is 0 Å². The number of hydrogen-bond acceptors (Lipinski definition) is 4. The maximum absolute atomic E-state index is 12.3. The van der Waals surface area contributed by atoms with Crippen LogP contribution in [0.3, 0.4) is 0 Å². The van der Waals surface area contributed by atoms with Gasteiger partial charge in [0.15, 0.2) is 0 Å². The predicted molar refractivity (Wildman–Crippen MR) is 40.0 cm³/mol. The van der Waals surface area contributed by atoms with Crippen molar-refractivity contribution in [3.8, 4) is 11.8 Å². The lowest BCUT2D eigenvalue weighted by Gasteiger charge is -2.06. The minimum Gasteiger partial charge on any atom is -0.506 e. The molecule has 13 heavy (non-hydrogen) atoms. The summed E-state index contributed by atoms with van der Waals surface area (Å²) in [5.41, 5.74) is 3.92. The van der Waals surface area contributed by atoms with Crippen LogP contribution in [-0.4, -0.2) is 10.1 Å². The zero-order chi connectivity index (χ0) is 10.0. The van der Waals surface area contributed by atoms with E-state index >= 15 is 0 Å². The van der Waals surface area contributed by atoms with E-state index in [0.717, 1.165) is 6.20 Å². The molecule has 0 unspecified atom stereocenters. The molecule has 0 saturated carbocycles. The first-order valence-corrected chi connectivity index (χ1v) is 3.23. The molecular formula is C7H5F2N3O. The molecule has 0 aliphatic carbocycles. The number of anilines is 1. The average molecular weight is 185 g/mol. The van der Waals surface area contributed by atoms with Crippen LogP contribution in [-0.2, 0) is 0 Å². The van der Waals surface area contributed by atoms with Gasteiger partial charge in [-0.05, 0) is 0 Å². The van der Waals surface area contributed by atoms with E-state index in [0.29, 0.717) is 0 Å². The van der Waals surface area contributed by atoms with Gasteiger partial charge < -0.3 is 10.8 Å². The molecule has 0 saturated heterocycles. The summed E-state index contributed by atoms with van der Waals surface area (Å²) in [5.74, 6) is -1.03. The zero-order valence-corrected chi connectivity index (χ0v) is 6.33. The minimum absolute atomic E-state index is 0.310. The number of alkyl halides is 2. The predicted octanol–water partition coefficient (Wildman–Crippen LogP) is 1.18. The first-order valence-electron chi connectivity index (χ1n) is 3.23. The smallest absolute Gasteiger partial charge is 0.268 e. The summed E-state index contributed by atoms with van der Waals surface area (Å²) in [5, 5.41) is 17.4. The highest BCUT2D eigenvalue weighted by Crippen LogP contribution is 2.32. The van der Waals surface area contributed by atoms with Crippen LogP contribution in [0.2, 0.25) is 0 Å². The van der Waals surface area contributed by atoms with Crippen molar-refractivity contribution in [1.29, 1.82) is 5.26 Å². The van der Waals surface area contributed by atoms with Crippen LogP contribution in [0, 0.1) is 11.3 Å². The van der Waals surface area contributed by atoms with Crippen LogP contribution in [0.5, 0.6) is 5.75 Å². The maximum atomic E-state index is 12.3. The Hall–Kier alpha value is -1.90. The van der Waals surface area contributed by atoms with Crippen molar-refractivity contribution in [2.24, 2.45) is 0 Å². The molecule has 1 aromatic heterocycles. The van der Waals surface area contributed by atoms with Crippen molar-refractivity contribution in [3.63, 3.8) is 0 Å². The summed E-state index contributed by atoms with van der Waals surface area (Å²) >= 11 is 0. The maximum Gasteiger partial charge on any atom is 0.268 e. The number of nitrogens with zero attached hydrogens (tertiary/aromatic N) is 2. The standard InChI is InChI=1S/C7H5F2N3O/c8-6(9)5-3(1-10)7(11)12-2-4(5)13/h2,6,13H,(H2,11,12). The van der Waals surface area contributed by atoms with Gasteiger partial charge in [-0.25, -0.2) is 13.8 Å². The molecule has 0 spiro atoms. The molecule has 0 radical (unpaired) electrons. The Morgan fingerprint density at radius 3 is 2.62 bits per heavy atom. The fourth-order valence-corrected chi connectivity index (χ4v) is 0.869. The van der Waals surface area contributed by atoms with Gasteiger partial charge in [-0.3, -0.25) is 0 Å². The molecule has 1 aromatic rings. The number of nitrogens with two attached hydrogens (primary N) is 1. The van der Waals surface area contributed by atoms with Crippen LogP contribution >= 0.6 is 0 Å². The van der Waals surface area contributed by atoms with E-state index in [1.165, 1.54) is 6.07 Å². The molecular weight excluding hydrogens is 180 g/mol. The second kappa shape index (κ2) is 3.23.